The van der Waals surface area contributed by atoms with Crippen LogP contribution in [0.3, 0.4) is 0 Å². The molecule has 0 spiro atoms. The summed E-state index contributed by atoms with van der Waals surface area (Å²) in [5, 5.41) is 0. The van der Waals surface area contributed by atoms with E-state index in [4.69, 9.17) is 15.0 Å². The molecule has 0 unspecified atom stereocenters. The smallest absolute Gasteiger partial charge is 0.142 e. The molecule has 6 nitrogen and oxygen atoms in total. The summed E-state index contributed by atoms with van der Waals surface area (Å²) in [4.78, 5) is 21.3. The van der Waals surface area contributed by atoms with Crippen LogP contribution in [0.25, 0.3) is 57.8 Å². The molecule has 0 amide bonds. The SMILES string of the molecule is Cc1nc(-c2cc3cc4nc(cc5ccc(cc6nc(cc2[nH]3)C=C6)[nH]5)C=C4)n(C)c1C. The predicted molar refractivity (Wildman–Crippen MR) is 131 cm³/mol. The summed E-state index contributed by atoms with van der Waals surface area (Å²) in [5.41, 5.74) is 10.8. The van der Waals surface area contributed by atoms with E-state index in [1.54, 1.807) is 0 Å². The van der Waals surface area contributed by atoms with Crippen molar-refractivity contribution in [3.63, 3.8) is 0 Å². The van der Waals surface area contributed by atoms with Gasteiger partial charge in [-0.05, 0) is 80.6 Å². The van der Waals surface area contributed by atoms with Gasteiger partial charge in [0.25, 0.3) is 0 Å². The fraction of sp³-hybridized carbons (Fsp3) is 0.115. The maximum Gasteiger partial charge on any atom is 0.142 e. The molecule has 6 heteroatoms. The fourth-order valence-corrected chi connectivity index (χ4v) is 4.16. The van der Waals surface area contributed by atoms with Crippen molar-refractivity contribution in [2.75, 3.05) is 0 Å². The van der Waals surface area contributed by atoms with E-state index in [1.807, 2.05) is 43.4 Å². The molecule has 0 saturated carbocycles. The molecule has 32 heavy (non-hydrogen) atoms. The molecule has 6 heterocycles. The van der Waals surface area contributed by atoms with E-state index in [2.05, 4.69) is 58.8 Å². The molecule has 2 aliphatic rings. The van der Waals surface area contributed by atoms with E-state index < -0.39 is 0 Å². The highest BCUT2D eigenvalue weighted by Gasteiger charge is 2.14. The molecule has 6 rings (SSSR count). The lowest BCUT2D eigenvalue weighted by Crippen LogP contribution is -1.94. The molecule has 0 radical (unpaired) electrons. The summed E-state index contributed by atoms with van der Waals surface area (Å²) >= 11 is 0. The van der Waals surface area contributed by atoms with Crippen LogP contribution < -0.4 is 0 Å². The third kappa shape index (κ3) is 3.17. The minimum absolute atomic E-state index is 0.896. The van der Waals surface area contributed by atoms with Gasteiger partial charge in [-0.15, -0.1) is 0 Å². The van der Waals surface area contributed by atoms with Gasteiger partial charge >= 0.3 is 0 Å². The standard InChI is InChI=1S/C26H22N6/c1-15-16(2)32(3)26(27-15)24-13-23-12-21-7-6-19(29-21)10-17-4-5-18(28-17)11-20-8-9-22(30-20)14-25(24)31-23/h4-14,28,31H,1-3H3. The lowest BCUT2D eigenvalue weighted by Gasteiger charge is -2.01. The molecule has 4 aromatic rings. The molecule has 0 aliphatic carbocycles. The lowest BCUT2D eigenvalue weighted by molar-refractivity contribution is 0.882. The van der Waals surface area contributed by atoms with E-state index in [-0.39, 0.29) is 0 Å². The van der Waals surface area contributed by atoms with E-state index in [1.165, 1.54) is 0 Å². The summed E-state index contributed by atoms with van der Waals surface area (Å²) in [5.74, 6) is 0.932. The number of H-pyrrole nitrogens is 2. The quantitative estimate of drug-likeness (QED) is 0.361. The van der Waals surface area contributed by atoms with E-state index in [9.17, 15) is 0 Å². The predicted octanol–water partition coefficient (Wildman–Crippen LogP) is 5.67. The van der Waals surface area contributed by atoms with Gasteiger partial charge in [-0.2, -0.15) is 0 Å². The minimum atomic E-state index is 0.896. The Hall–Kier alpha value is -4.19. The topological polar surface area (TPSA) is 75.2 Å². The zero-order chi connectivity index (χ0) is 21.8. The van der Waals surface area contributed by atoms with Crippen LogP contribution >= 0.6 is 0 Å². The lowest BCUT2D eigenvalue weighted by atomic mass is 10.2. The van der Waals surface area contributed by atoms with Crippen LogP contribution in [0.5, 0.6) is 0 Å². The number of aromatic amines is 2. The van der Waals surface area contributed by atoms with Crippen molar-refractivity contribution >= 4 is 46.4 Å². The number of hydrogen-bond acceptors (Lipinski definition) is 3. The Morgan fingerprint density at radius 3 is 1.78 bits per heavy atom. The van der Waals surface area contributed by atoms with Crippen LogP contribution in [0.2, 0.25) is 0 Å². The number of hydrogen-bond donors (Lipinski definition) is 2. The zero-order valence-corrected chi connectivity index (χ0v) is 18.1. The third-order valence-electron chi connectivity index (χ3n) is 6.03. The Morgan fingerprint density at radius 2 is 1.22 bits per heavy atom. The average Bonchev–Trinajstić information content (AvgIpc) is 3.57. The van der Waals surface area contributed by atoms with Gasteiger partial charge in [0.1, 0.15) is 5.82 Å². The Kier molecular flexibility index (Phi) is 4.01. The first-order valence-electron chi connectivity index (χ1n) is 10.6. The van der Waals surface area contributed by atoms with Gasteiger partial charge in [-0.1, -0.05) is 0 Å². The maximum absolute atomic E-state index is 4.83. The number of rotatable bonds is 1. The minimum Gasteiger partial charge on any atom is -0.355 e. The first-order valence-corrected chi connectivity index (χ1v) is 10.6. The van der Waals surface area contributed by atoms with Crippen LogP contribution in [0.15, 0.2) is 42.5 Å². The number of fused-ring (bicyclic) bond motifs is 8. The number of imidazole rings is 1. The molecule has 0 fully saturated rings. The molecular formula is C26H22N6. The molecule has 8 bridgehead atoms. The number of aromatic nitrogens is 6. The number of nitrogens with one attached hydrogen (secondary N) is 2. The van der Waals surface area contributed by atoms with Crippen molar-refractivity contribution in [3.05, 3.63) is 76.6 Å². The summed E-state index contributed by atoms with van der Waals surface area (Å²) < 4.78 is 2.14. The van der Waals surface area contributed by atoms with Gasteiger partial charge in [-0.25, -0.2) is 15.0 Å². The largest absolute Gasteiger partial charge is 0.355 e. The highest BCUT2D eigenvalue weighted by molar-refractivity contribution is 5.86. The molecule has 0 saturated heterocycles. The molecule has 4 aromatic heterocycles. The van der Waals surface area contributed by atoms with Crippen molar-refractivity contribution in [1.82, 2.24) is 29.5 Å². The Labute approximate surface area is 185 Å². The van der Waals surface area contributed by atoms with E-state index in [0.29, 0.717) is 0 Å². The monoisotopic (exact) mass is 418 g/mol. The van der Waals surface area contributed by atoms with E-state index >= 15 is 0 Å². The Bertz CT molecular complexity index is 1610. The van der Waals surface area contributed by atoms with Gasteiger partial charge < -0.3 is 14.5 Å². The van der Waals surface area contributed by atoms with Crippen molar-refractivity contribution in [3.8, 4) is 11.4 Å². The molecule has 0 aromatic carbocycles. The van der Waals surface area contributed by atoms with Crippen molar-refractivity contribution < 1.29 is 0 Å². The van der Waals surface area contributed by atoms with Gasteiger partial charge in [-0.3, -0.25) is 0 Å². The average molecular weight is 419 g/mol. The third-order valence-corrected chi connectivity index (χ3v) is 6.03. The molecule has 156 valence electrons. The zero-order valence-electron chi connectivity index (χ0n) is 18.1. The van der Waals surface area contributed by atoms with Gasteiger partial charge in [0.05, 0.1) is 34.0 Å². The van der Waals surface area contributed by atoms with Gasteiger partial charge in [0.15, 0.2) is 0 Å². The first kappa shape index (κ1) is 18.6. The van der Waals surface area contributed by atoms with Crippen LogP contribution in [0, 0.1) is 13.8 Å². The van der Waals surface area contributed by atoms with Crippen molar-refractivity contribution in [1.29, 1.82) is 0 Å². The molecule has 0 atom stereocenters. The molecule has 2 N–H and O–H groups in total. The van der Waals surface area contributed by atoms with Crippen molar-refractivity contribution in [2.45, 2.75) is 13.8 Å². The summed E-state index contributed by atoms with van der Waals surface area (Å²) in [7, 11) is 2.06. The molecule has 2 aliphatic heterocycles. The van der Waals surface area contributed by atoms with E-state index in [0.717, 1.165) is 67.6 Å². The highest BCUT2D eigenvalue weighted by Crippen LogP contribution is 2.28. The summed E-state index contributed by atoms with van der Waals surface area (Å²) in [6.07, 6.45) is 8.13. The van der Waals surface area contributed by atoms with Crippen LogP contribution in [0.4, 0.5) is 0 Å². The van der Waals surface area contributed by atoms with Crippen molar-refractivity contribution in [2.24, 2.45) is 7.05 Å². The van der Waals surface area contributed by atoms with Crippen LogP contribution in [0.1, 0.15) is 34.2 Å². The number of nitrogens with zero attached hydrogens (tertiary/aromatic N) is 4. The number of aryl methyl sites for hydroxylation is 1. The summed E-state index contributed by atoms with van der Waals surface area (Å²) in [6, 6.07) is 14.5. The second-order valence-electron chi connectivity index (χ2n) is 8.25. The Morgan fingerprint density at radius 1 is 0.656 bits per heavy atom. The maximum atomic E-state index is 4.83. The van der Waals surface area contributed by atoms with Gasteiger partial charge in [0.2, 0.25) is 0 Å². The second-order valence-corrected chi connectivity index (χ2v) is 8.25. The highest BCUT2D eigenvalue weighted by atomic mass is 15.1. The normalized spacial score (nSPS) is 12.6. The van der Waals surface area contributed by atoms with Crippen LogP contribution in [-0.2, 0) is 7.05 Å². The first-order chi connectivity index (χ1) is 15.5. The molecular weight excluding hydrogens is 396 g/mol. The fourth-order valence-electron chi connectivity index (χ4n) is 4.16. The second kappa shape index (κ2) is 6.92. The Balaban J connectivity index is 1.69. The summed E-state index contributed by atoms with van der Waals surface area (Å²) in [6.45, 7) is 4.14. The van der Waals surface area contributed by atoms with Crippen LogP contribution in [-0.4, -0.2) is 29.5 Å². The van der Waals surface area contributed by atoms with Gasteiger partial charge in [0, 0.05) is 34.9 Å².